The van der Waals surface area contributed by atoms with Crippen LogP contribution in [0.3, 0.4) is 0 Å². The third-order valence-electron chi connectivity index (χ3n) is 2.82. The van der Waals surface area contributed by atoms with E-state index in [9.17, 15) is 0 Å². The molecule has 1 aromatic carbocycles. The number of aromatic nitrogens is 2. The second kappa shape index (κ2) is 4.47. The summed E-state index contributed by atoms with van der Waals surface area (Å²) in [6.07, 6.45) is 3.52. The number of aromatic amines is 1. The summed E-state index contributed by atoms with van der Waals surface area (Å²) in [5.41, 5.74) is 6.42. The van der Waals surface area contributed by atoms with Crippen LogP contribution in [0.5, 0.6) is 0 Å². The molecule has 1 unspecified atom stereocenters. The number of H-pyrrole nitrogens is 1. The Balaban J connectivity index is 2.37. The number of hydrogen-bond donors (Lipinski definition) is 3. The minimum Gasteiger partial charge on any atom is -0.347 e. The number of nitrogens with two attached hydrogens (primary N) is 1. The monoisotopic (exact) mass is 216 g/mol. The third kappa shape index (κ3) is 1.98. The maximum Gasteiger partial charge on any atom is 0.129 e. The summed E-state index contributed by atoms with van der Waals surface area (Å²) in [7, 11) is 0. The van der Waals surface area contributed by atoms with Crippen molar-refractivity contribution >= 4 is 0 Å². The van der Waals surface area contributed by atoms with Crippen LogP contribution in [0.2, 0.25) is 0 Å². The molecule has 2 aromatic rings. The largest absolute Gasteiger partial charge is 0.347 e. The lowest BCUT2D eigenvalue weighted by atomic mass is 10.0. The highest BCUT2D eigenvalue weighted by atomic mass is 15.2. The molecular weight excluding hydrogens is 200 g/mol. The molecule has 0 bridgehead atoms. The van der Waals surface area contributed by atoms with E-state index in [2.05, 4.69) is 47.4 Å². The summed E-state index contributed by atoms with van der Waals surface area (Å²) in [6, 6.07) is 6.20. The summed E-state index contributed by atoms with van der Waals surface area (Å²) in [5, 5.41) is 0. The smallest absolute Gasteiger partial charge is 0.129 e. The van der Waals surface area contributed by atoms with Gasteiger partial charge in [-0.25, -0.2) is 10.4 Å². The van der Waals surface area contributed by atoms with E-state index >= 15 is 0 Å². The third-order valence-corrected chi connectivity index (χ3v) is 2.82. The Morgan fingerprint density at radius 2 is 2.12 bits per heavy atom. The Morgan fingerprint density at radius 3 is 2.69 bits per heavy atom. The van der Waals surface area contributed by atoms with E-state index in [1.54, 1.807) is 12.4 Å². The van der Waals surface area contributed by atoms with Crippen LogP contribution in [0.15, 0.2) is 30.6 Å². The van der Waals surface area contributed by atoms with Gasteiger partial charge in [-0.3, -0.25) is 5.84 Å². The van der Waals surface area contributed by atoms with E-state index in [-0.39, 0.29) is 6.04 Å². The van der Waals surface area contributed by atoms with Crippen LogP contribution in [0, 0.1) is 13.8 Å². The van der Waals surface area contributed by atoms with Crippen molar-refractivity contribution in [2.45, 2.75) is 19.9 Å². The maximum atomic E-state index is 5.57. The summed E-state index contributed by atoms with van der Waals surface area (Å²) >= 11 is 0. The van der Waals surface area contributed by atoms with Gasteiger partial charge in [0.25, 0.3) is 0 Å². The first-order chi connectivity index (χ1) is 7.72. The molecule has 4 heteroatoms. The first-order valence-electron chi connectivity index (χ1n) is 5.25. The van der Waals surface area contributed by atoms with Gasteiger partial charge in [0.1, 0.15) is 11.9 Å². The van der Waals surface area contributed by atoms with Gasteiger partial charge in [-0.15, -0.1) is 0 Å². The normalized spacial score (nSPS) is 12.7. The van der Waals surface area contributed by atoms with Gasteiger partial charge >= 0.3 is 0 Å². The second-order valence-electron chi connectivity index (χ2n) is 3.92. The van der Waals surface area contributed by atoms with E-state index in [4.69, 9.17) is 5.84 Å². The summed E-state index contributed by atoms with van der Waals surface area (Å²) in [5.74, 6) is 6.40. The molecule has 0 radical (unpaired) electrons. The molecule has 0 saturated carbocycles. The molecule has 16 heavy (non-hydrogen) atoms. The van der Waals surface area contributed by atoms with Crippen molar-refractivity contribution in [2.75, 3.05) is 0 Å². The van der Waals surface area contributed by atoms with Crippen LogP contribution in [0.1, 0.15) is 28.6 Å². The van der Waals surface area contributed by atoms with Crippen molar-refractivity contribution < 1.29 is 0 Å². The average Bonchev–Trinajstić information content (AvgIpc) is 2.78. The van der Waals surface area contributed by atoms with Crippen LogP contribution in [-0.2, 0) is 0 Å². The minimum atomic E-state index is -0.0886. The van der Waals surface area contributed by atoms with Gasteiger partial charge in [0.05, 0.1) is 0 Å². The highest BCUT2D eigenvalue weighted by molar-refractivity contribution is 5.34. The van der Waals surface area contributed by atoms with E-state index in [1.807, 2.05) is 0 Å². The van der Waals surface area contributed by atoms with E-state index in [0.29, 0.717) is 0 Å². The van der Waals surface area contributed by atoms with Crippen molar-refractivity contribution in [3.05, 3.63) is 53.1 Å². The molecule has 4 nitrogen and oxygen atoms in total. The van der Waals surface area contributed by atoms with E-state index in [1.165, 1.54) is 11.1 Å². The number of hydrogen-bond acceptors (Lipinski definition) is 3. The van der Waals surface area contributed by atoms with Gasteiger partial charge in [-0.2, -0.15) is 0 Å². The fourth-order valence-electron chi connectivity index (χ4n) is 1.71. The van der Waals surface area contributed by atoms with Gasteiger partial charge in [0, 0.05) is 12.4 Å². The van der Waals surface area contributed by atoms with Crippen molar-refractivity contribution in [3.8, 4) is 0 Å². The van der Waals surface area contributed by atoms with Crippen LogP contribution in [0.25, 0.3) is 0 Å². The molecule has 1 aromatic heterocycles. The number of nitrogens with one attached hydrogen (secondary N) is 2. The number of nitrogens with zero attached hydrogens (tertiary/aromatic N) is 1. The second-order valence-corrected chi connectivity index (χ2v) is 3.92. The topological polar surface area (TPSA) is 66.7 Å². The minimum absolute atomic E-state index is 0.0886. The molecule has 0 saturated heterocycles. The summed E-state index contributed by atoms with van der Waals surface area (Å²) in [4.78, 5) is 7.28. The van der Waals surface area contributed by atoms with Crippen molar-refractivity contribution in [1.82, 2.24) is 15.4 Å². The molecule has 0 spiro atoms. The predicted octanol–water partition coefficient (Wildman–Crippen LogP) is 1.58. The molecule has 4 N–H and O–H groups in total. The quantitative estimate of drug-likeness (QED) is 0.539. The number of hydrazine groups is 1. The maximum absolute atomic E-state index is 5.57. The Morgan fingerprint density at radius 1 is 1.31 bits per heavy atom. The fourth-order valence-corrected chi connectivity index (χ4v) is 1.71. The van der Waals surface area contributed by atoms with Crippen molar-refractivity contribution in [1.29, 1.82) is 0 Å². The lowest BCUT2D eigenvalue weighted by Crippen LogP contribution is -2.29. The Bertz CT molecular complexity index is 462. The Hall–Kier alpha value is -1.65. The lowest BCUT2D eigenvalue weighted by molar-refractivity contribution is 0.607. The van der Waals surface area contributed by atoms with Gasteiger partial charge in [-0.05, 0) is 30.5 Å². The lowest BCUT2D eigenvalue weighted by Gasteiger charge is -2.15. The SMILES string of the molecule is Cc1ccc(C(NN)c2ncc[nH]2)cc1C. The highest BCUT2D eigenvalue weighted by Crippen LogP contribution is 2.20. The first-order valence-corrected chi connectivity index (χ1v) is 5.25. The van der Waals surface area contributed by atoms with E-state index < -0.39 is 0 Å². The molecular formula is C12H16N4. The first kappa shape index (κ1) is 10.9. The molecule has 1 heterocycles. The average molecular weight is 216 g/mol. The van der Waals surface area contributed by atoms with Crippen molar-refractivity contribution in [3.63, 3.8) is 0 Å². The van der Waals surface area contributed by atoms with Crippen molar-refractivity contribution in [2.24, 2.45) is 5.84 Å². The zero-order chi connectivity index (χ0) is 11.5. The molecule has 2 rings (SSSR count). The molecule has 0 amide bonds. The van der Waals surface area contributed by atoms with Crippen LogP contribution >= 0.6 is 0 Å². The van der Waals surface area contributed by atoms with Crippen LogP contribution in [-0.4, -0.2) is 9.97 Å². The molecule has 0 aliphatic heterocycles. The number of aryl methyl sites for hydroxylation is 2. The standard InChI is InChI=1S/C12H16N4/c1-8-3-4-10(7-9(8)2)11(16-13)12-14-5-6-15-12/h3-7,11,16H,13H2,1-2H3,(H,14,15). The van der Waals surface area contributed by atoms with Crippen LogP contribution < -0.4 is 11.3 Å². The van der Waals surface area contributed by atoms with Gasteiger partial charge < -0.3 is 4.98 Å². The van der Waals surface area contributed by atoms with E-state index in [0.717, 1.165) is 11.4 Å². The number of imidazole rings is 1. The summed E-state index contributed by atoms with van der Waals surface area (Å²) in [6.45, 7) is 4.19. The predicted molar refractivity (Wildman–Crippen MR) is 63.7 cm³/mol. The number of rotatable bonds is 3. The Kier molecular flexibility index (Phi) is 3.03. The molecule has 1 atom stereocenters. The summed E-state index contributed by atoms with van der Waals surface area (Å²) < 4.78 is 0. The number of benzene rings is 1. The highest BCUT2D eigenvalue weighted by Gasteiger charge is 2.14. The van der Waals surface area contributed by atoms with Crippen LogP contribution in [0.4, 0.5) is 0 Å². The molecule has 0 aliphatic carbocycles. The molecule has 0 fully saturated rings. The van der Waals surface area contributed by atoms with Gasteiger partial charge in [-0.1, -0.05) is 18.2 Å². The molecule has 84 valence electrons. The van der Waals surface area contributed by atoms with Gasteiger partial charge in [0.2, 0.25) is 0 Å². The van der Waals surface area contributed by atoms with Gasteiger partial charge in [0.15, 0.2) is 0 Å². The fraction of sp³-hybridized carbons (Fsp3) is 0.250. The Labute approximate surface area is 94.9 Å². The molecule has 0 aliphatic rings. The zero-order valence-electron chi connectivity index (χ0n) is 9.49. The zero-order valence-corrected chi connectivity index (χ0v) is 9.49.